The number of anilines is 2. The highest BCUT2D eigenvalue weighted by Gasteiger charge is 2.09. The van der Waals surface area contributed by atoms with Crippen molar-refractivity contribution in [2.24, 2.45) is 0 Å². The molecule has 0 heterocycles. The van der Waals surface area contributed by atoms with Crippen LogP contribution in [0.25, 0.3) is 0 Å². The number of nitrogens with one attached hydrogen (secondary N) is 1. The standard InChI is InChI=1S/C18H22N2O4/c1-22-9-4-10-24-15-6-3-5-13(11-15)18(21)20-14-7-8-17(23-2)16(19)12-14/h3,5-8,11-12H,4,9-10,19H2,1-2H3,(H,20,21). The monoisotopic (exact) mass is 330 g/mol. The zero-order valence-corrected chi connectivity index (χ0v) is 13.9. The van der Waals surface area contributed by atoms with E-state index in [0.29, 0.717) is 41.7 Å². The third-order valence-electron chi connectivity index (χ3n) is 3.35. The van der Waals surface area contributed by atoms with Crippen LogP contribution in [-0.4, -0.2) is 33.3 Å². The van der Waals surface area contributed by atoms with E-state index >= 15 is 0 Å². The van der Waals surface area contributed by atoms with Crippen LogP contribution in [0, 0.1) is 0 Å². The number of ether oxygens (including phenoxy) is 3. The maximum atomic E-state index is 12.3. The molecule has 0 spiro atoms. The minimum absolute atomic E-state index is 0.234. The van der Waals surface area contributed by atoms with E-state index in [0.717, 1.165) is 6.42 Å². The number of benzene rings is 2. The van der Waals surface area contributed by atoms with Gasteiger partial charge >= 0.3 is 0 Å². The molecule has 0 fully saturated rings. The number of methoxy groups -OCH3 is 2. The first-order valence-corrected chi connectivity index (χ1v) is 7.60. The molecule has 6 heteroatoms. The van der Waals surface area contributed by atoms with Gasteiger partial charge in [0, 0.05) is 31.4 Å². The van der Waals surface area contributed by atoms with Gasteiger partial charge in [-0.25, -0.2) is 0 Å². The molecule has 0 saturated heterocycles. The highest BCUT2D eigenvalue weighted by atomic mass is 16.5. The summed E-state index contributed by atoms with van der Waals surface area (Å²) in [5, 5.41) is 2.80. The van der Waals surface area contributed by atoms with Gasteiger partial charge in [0.1, 0.15) is 11.5 Å². The number of nitrogen functional groups attached to an aromatic ring is 1. The van der Waals surface area contributed by atoms with Gasteiger partial charge in [-0.15, -0.1) is 0 Å². The molecule has 2 aromatic carbocycles. The molecule has 0 bridgehead atoms. The molecule has 0 aliphatic carbocycles. The summed E-state index contributed by atoms with van der Waals surface area (Å²) in [6.07, 6.45) is 0.790. The van der Waals surface area contributed by atoms with Crippen LogP contribution in [0.3, 0.4) is 0 Å². The Kier molecular flexibility index (Phi) is 6.45. The fourth-order valence-electron chi connectivity index (χ4n) is 2.14. The first kappa shape index (κ1) is 17.6. The maximum Gasteiger partial charge on any atom is 0.255 e. The van der Waals surface area contributed by atoms with E-state index in [1.165, 1.54) is 0 Å². The van der Waals surface area contributed by atoms with Gasteiger partial charge < -0.3 is 25.3 Å². The summed E-state index contributed by atoms with van der Waals surface area (Å²) in [4.78, 5) is 12.3. The number of amides is 1. The minimum Gasteiger partial charge on any atom is -0.495 e. The molecule has 1 amide bonds. The molecule has 0 aliphatic rings. The van der Waals surface area contributed by atoms with E-state index in [1.807, 2.05) is 6.07 Å². The number of carbonyl (C=O) groups is 1. The quantitative estimate of drug-likeness (QED) is 0.574. The van der Waals surface area contributed by atoms with Crippen LogP contribution in [0.2, 0.25) is 0 Å². The molecule has 0 atom stereocenters. The van der Waals surface area contributed by atoms with E-state index < -0.39 is 0 Å². The number of rotatable bonds is 8. The van der Waals surface area contributed by atoms with E-state index in [1.54, 1.807) is 50.6 Å². The second kappa shape index (κ2) is 8.79. The predicted molar refractivity (Wildman–Crippen MR) is 93.8 cm³/mol. The van der Waals surface area contributed by atoms with Gasteiger partial charge in [0.2, 0.25) is 0 Å². The molecule has 128 valence electrons. The van der Waals surface area contributed by atoms with Crippen LogP contribution >= 0.6 is 0 Å². The first-order chi connectivity index (χ1) is 11.6. The van der Waals surface area contributed by atoms with Gasteiger partial charge in [-0.1, -0.05) is 6.07 Å². The van der Waals surface area contributed by atoms with Crippen LogP contribution in [0.15, 0.2) is 42.5 Å². The van der Waals surface area contributed by atoms with Crippen LogP contribution < -0.4 is 20.5 Å². The lowest BCUT2D eigenvalue weighted by Gasteiger charge is -2.10. The molecular formula is C18H22N2O4. The lowest BCUT2D eigenvalue weighted by atomic mass is 10.2. The molecule has 2 aromatic rings. The van der Waals surface area contributed by atoms with E-state index in [2.05, 4.69) is 5.32 Å². The van der Waals surface area contributed by atoms with E-state index in [9.17, 15) is 4.79 Å². The van der Waals surface area contributed by atoms with Crippen molar-refractivity contribution >= 4 is 17.3 Å². The fraction of sp³-hybridized carbons (Fsp3) is 0.278. The van der Waals surface area contributed by atoms with Gasteiger partial charge in [0.15, 0.2) is 0 Å². The van der Waals surface area contributed by atoms with Crippen LogP contribution in [0.1, 0.15) is 16.8 Å². The van der Waals surface area contributed by atoms with Crippen LogP contribution in [-0.2, 0) is 4.74 Å². The minimum atomic E-state index is -0.234. The summed E-state index contributed by atoms with van der Waals surface area (Å²) in [6, 6.07) is 12.1. The molecule has 0 aromatic heterocycles. The summed E-state index contributed by atoms with van der Waals surface area (Å²) in [7, 11) is 3.19. The van der Waals surface area contributed by atoms with Crippen molar-refractivity contribution in [1.29, 1.82) is 0 Å². The summed E-state index contributed by atoms with van der Waals surface area (Å²) >= 11 is 0. The van der Waals surface area contributed by atoms with Crippen molar-refractivity contribution in [3.8, 4) is 11.5 Å². The lowest BCUT2D eigenvalue weighted by molar-refractivity contribution is 0.102. The van der Waals surface area contributed by atoms with E-state index in [4.69, 9.17) is 19.9 Å². The molecular weight excluding hydrogens is 308 g/mol. The highest BCUT2D eigenvalue weighted by molar-refractivity contribution is 6.04. The number of hydrogen-bond donors (Lipinski definition) is 2. The zero-order valence-electron chi connectivity index (χ0n) is 13.9. The Morgan fingerprint density at radius 1 is 1.12 bits per heavy atom. The Labute approximate surface area is 141 Å². The third kappa shape index (κ3) is 4.89. The first-order valence-electron chi connectivity index (χ1n) is 7.60. The van der Waals surface area contributed by atoms with Gasteiger partial charge in [-0.05, 0) is 36.4 Å². The average Bonchev–Trinajstić information content (AvgIpc) is 2.59. The topological polar surface area (TPSA) is 82.8 Å². The second-order valence-corrected chi connectivity index (χ2v) is 5.13. The largest absolute Gasteiger partial charge is 0.495 e. The van der Waals surface area contributed by atoms with Crippen molar-refractivity contribution in [1.82, 2.24) is 0 Å². The molecule has 2 rings (SSSR count). The average molecular weight is 330 g/mol. The molecule has 24 heavy (non-hydrogen) atoms. The highest BCUT2D eigenvalue weighted by Crippen LogP contribution is 2.25. The summed E-state index contributed by atoms with van der Waals surface area (Å²) in [6.45, 7) is 1.17. The van der Waals surface area contributed by atoms with Crippen molar-refractivity contribution in [3.63, 3.8) is 0 Å². The van der Waals surface area contributed by atoms with E-state index in [-0.39, 0.29) is 5.91 Å². The van der Waals surface area contributed by atoms with Crippen LogP contribution in [0.5, 0.6) is 11.5 Å². The molecule has 0 radical (unpaired) electrons. The molecule has 3 N–H and O–H groups in total. The molecule has 0 unspecified atom stereocenters. The second-order valence-electron chi connectivity index (χ2n) is 5.13. The number of hydrogen-bond acceptors (Lipinski definition) is 5. The molecule has 0 saturated carbocycles. The van der Waals surface area contributed by atoms with Gasteiger partial charge in [-0.3, -0.25) is 4.79 Å². The summed E-state index contributed by atoms with van der Waals surface area (Å²) < 4.78 is 15.7. The van der Waals surface area contributed by atoms with Crippen LogP contribution in [0.4, 0.5) is 11.4 Å². The maximum absolute atomic E-state index is 12.3. The lowest BCUT2D eigenvalue weighted by Crippen LogP contribution is -2.12. The normalized spacial score (nSPS) is 10.2. The Morgan fingerprint density at radius 3 is 2.67 bits per heavy atom. The Morgan fingerprint density at radius 2 is 1.96 bits per heavy atom. The number of nitrogens with two attached hydrogens (primary N) is 1. The van der Waals surface area contributed by atoms with Crippen molar-refractivity contribution < 1.29 is 19.0 Å². The number of carbonyl (C=O) groups excluding carboxylic acids is 1. The summed E-state index contributed by atoms with van der Waals surface area (Å²) in [5.74, 6) is 0.981. The third-order valence-corrected chi connectivity index (χ3v) is 3.35. The zero-order chi connectivity index (χ0) is 17.4. The predicted octanol–water partition coefficient (Wildman–Crippen LogP) is 2.95. The smallest absolute Gasteiger partial charge is 0.255 e. The molecule has 6 nitrogen and oxygen atoms in total. The SMILES string of the molecule is COCCCOc1cccc(C(=O)Nc2ccc(OC)c(N)c2)c1. The fourth-order valence-corrected chi connectivity index (χ4v) is 2.14. The molecule has 0 aliphatic heterocycles. The Hall–Kier alpha value is -2.73. The van der Waals surface area contributed by atoms with Gasteiger partial charge in [0.25, 0.3) is 5.91 Å². The van der Waals surface area contributed by atoms with Crippen molar-refractivity contribution in [2.45, 2.75) is 6.42 Å². The Balaban J connectivity index is 2.00. The van der Waals surface area contributed by atoms with Crippen molar-refractivity contribution in [2.75, 3.05) is 38.5 Å². The summed E-state index contributed by atoms with van der Waals surface area (Å²) in [5.41, 5.74) is 7.42. The van der Waals surface area contributed by atoms with Gasteiger partial charge in [0.05, 0.1) is 19.4 Å². The van der Waals surface area contributed by atoms with Gasteiger partial charge in [-0.2, -0.15) is 0 Å². The van der Waals surface area contributed by atoms with Crippen molar-refractivity contribution in [3.05, 3.63) is 48.0 Å². The Bertz CT molecular complexity index is 688.